The zero-order chi connectivity index (χ0) is 13.1. The average Bonchev–Trinajstić information content (AvgIpc) is 2.94. The second-order valence-electron chi connectivity index (χ2n) is 4.77. The molecule has 0 radical (unpaired) electrons. The smallest absolute Gasteiger partial charge is 0.188 e. The molecular weight excluding hydrogens is 268 g/mol. The summed E-state index contributed by atoms with van der Waals surface area (Å²) >= 11 is 7.32. The van der Waals surface area contributed by atoms with Crippen LogP contribution in [0.5, 0.6) is 0 Å². The van der Waals surface area contributed by atoms with Crippen LogP contribution in [0.2, 0.25) is 5.15 Å². The molecule has 18 heavy (non-hydrogen) atoms. The Hall–Kier alpha value is -0.830. The molecule has 1 saturated heterocycles. The van der Waals surface area contributed by atoms with E-state index in [9.17, 15) is 0 Å². The molecule has 1 aromatic rings. The number of nitrogens with zero attached hydrogens (tertiary/aromatic N) is 3. The zero-order valence-corrected chi connectivity index (χ0v) is 12.2. The van der Waals surface area contributed by atoms with Gasteiger partial charge in [-0.25, -0.2) is 4.98 Å². The van der Waals surface area contributed by atoms with Crippen molar-refractivity contribution in [1.29, 1.82) is 5.26 Å². The summed E-state index contributed by atoms with van der Waals surface area (Å²) in [7, 11) is 0. The summed E-state index contributed by atoms with van der Waals surface area (Å²) in [4.78, 5) is 7.02. The first-order valence-electron chi connectivity index (χ1n) is 6.18. The SMILES string of the molecule is CC(C)N(CC1CCCN1)c1nc(Cl)c(C#N)s1. The predicted molar refractivity (Wildman–Crippen MR) is 75.3 cm³/mol. The van der Waals surface area contributed by atoms with Crippen LogP contribution in [0, 0.1) is 11.3 Å². The summed E-state index contributed by atoms with van der Waals surface area (Å²) < 4.78 is 0. The molecule has 1 unspecified atom stereocenters. The molecule has 6 heteroatoms. The molecule has 0 amide bonds. The number of hydrogen-bond donors (Lipinski definition) is 1. The number of anilines is 1. The molecule has 1 aliphatic rings. The average molecular weight is 285 g/mol. The number of nitriles is 1. The highest BCUT2D eigenvalue weighted by Crippen LogP contribution is 2.30. The molecule has 98 valence electrons. The lowest BCUT2D eigenvalue weighted by atomic mass is 10.2. The second kappa shape index (κ2) is 5.87. The Labute approximate surface area is 117 Å². The van der Waals surface area contributed by atoms with Gasteiger partial charge in [-0.1, -0.05) is 22.9 Å². The van der Waals surface area contributed by atoms with Crippen molar-refractivity contribution in [1.82, 2.24) is 10.3 Å². The Kier molecular flexibility index (Phi) is 4.44. The summed E-state index contributed by atoms with van der Waals surface area (Å²) in [6.45, 7) is 6.29. The fraction of sp³-hybridized carbons (Fsp3) is 0.667. The van der Waals surface area contributed by atoms with Crippen LogP contribution < -0.4 is 10.2 Å². The van der Waals surface area contributed by atoms with Crippen molar-refractivity contribution in [3.8, 4) is 6.07 Å². The molecule has 0 spiro atoms. The topological polar surface area (TPSA) is 52.0 Å². The van der Waals surface area contributed by atoms with E-state index in [0.717, 1.165) is 18.2 Å². The van der Waals surface area contributed by atoms with E-state index in [4.69, 9.17) is 16.9 Å². The highest BCUT2D eigenvalue weighted by Gasteiger charge is 2.23. The monoisotopic (exact) mass is 284 g/mol. The fourth-order valence-corrected chi connectivity index (χ4v) is 3.33. The maximum atomic E-state index is 8.94. The Bertz CT molecular complexity index is 445. The Morgan fingerprint density at radius 3 is 2.94 bits per heavy atom. The molecule has 0 saturated carbocycles. The van der Waals surface area contributed by atoms with Gasteiger partial charge in [-0.2, -0.15) is 5.26 Å². The highest BCUT2D eigenvalue weighted by molar-refractivity contribution is 7.16. The predicted octanol–water partition coefficient (Wildman–Crippen LogP) is 2.63. The minimum absolute atomic E-state index is 0.322. The third-order valence-corrected chi connectivity index (χ3v) is 4.51. The van der Waals surface area contributed by atoms with Crippen LogP contribution in [0.25, 0.3) is 0 Å². The molecule has 1 N–H and O–H groups in total. The molecule has 0 aliphatic carbocycles. The number of aromatic nitrogens is 1. The van der Waals surface area contributed by atoms with Gasteiger partial charge in [-0.05, 0) is 33.2 Å². The number of halogens is 1. The molecule has 4 nitrogen and oxygen atoms in total. The number of nitrogens with one attached hydrogen (secondary N) is 1. The van der Waals surface area contributed by atoms with E-state index in [1.807, 2.05) is 0 Å². The molecule has 2 heterocycles. The van der Waals surface area contributed by atoms with Gasteiger partial charge in [0.1, 0.15) is 10.9 Å². The van der Waals surface area contributed by atoms with Crippen LogP contribution in [-0.4, -0.2) is 30.2 Å². The van der Waals surface area contributed by atoms with Crippen LogP contribution in [0.1, 0.15) is 31.6 Å². The minimum Gasteiger partial charge on any atom is -0.344 e. The maximum absolute atomic E-state index is 8.94. The van der Waals surface area contributed by atoms with E-state index in [-0.39, 0.29) is 0 Å². The summed E-state index contributed by atoms with van der Waals surface area (Å²) in [6.07, 6.45) is 2.44. The van der Waals surface area contributed by atoms with Crippen molar-refractivity contribution in [2.45, 2.75) is 38.8 Å². The summed E-state index contributed by atoms with van der Waals surface area (Å²) in [6, 6.07) is 2.95. The van der Waals surface area contributed by atoms with E-state index >= 15 is 0 Å². The van der Waals surface area contributed by atoms with Crippen molar-refractivity contribution in [3.63, 3.8) is 0 Å². The van der Waals surface area contributed by atoms with Crippen LogP contribution in [-0.2, 0) is 0 Å². The van der Waals surface area contributed by atoms with Gasteiger partial charge in [0, 0.05) is 18.6 Å². The van der Waals surface area contributed by atoms with Crippen LogP contribution in [0.3, 0.4) is 0 Å². The second-order valence-corrected chi connectivity index (χ2v) is 6.10. The van der Waals surface area contributed by atoms with Crippen molar-refractivity contribution in [3.05, 3.63) is 10.0 Å². The van der Waals surface area contributed by atoms with Crippen molar-refractivity contribution in [2.24, 2.45) is 0 Å². The first kappa shape index (κ1) is 13.6. The molecule has 2 rings (SSSR count). The first-order valence-corrected chi connectivity index (χ1v) is 7.37. The van der Waals surface area contributed by atoms with Crippen LogP contribution in [0.15, 0.2) is 0 Å². The Morgan fingerprint density at radius 2 is 2.44 bits per heavy atom. The molecule has 0 bridgehead atoms. The molecule has 0 aromatic carbocycles. The minimum atomic E-state index is 0.322. The summed E-state index contributed by atoms with van der Waals surface area (Å²) in [5.74, 6) is 0. The van der Waals surface area contributed by atoms with E-state index in [2.05, 4.69) is 35.1 Å². The Balaban J connectivity index is 2.15. The maximum Gasteiger partial charge on any atom is 0.188 e. The normalized spacial score (nSPS) is 19.2. The van der Waals surface area contributed by atoms with Crippen molar-refractivity contribution < 1.29 is 0 Å². The van der Waals surface area contributed by atoms with Gasteiger partial charge in [0.05, 0.1) is 0 Å². The van der Waals surface area contributed by atoms with Gasteiger partial charge in [-0.15, -0.1) is 0 Å². The molecule has 1 aliphatic heterocycles. The van der Waals surface area contributed by atoms with Crippen LogP contribution >= 0.6 is 22.9 Å². The summed E-state index contributed by atoms with van der Waals surface area (Å²) in [5.41, 5.74) is 0. The van der Waals surface area contributed by atoms with Crippen molar-refractivity contribution in [2.75, 3.05) is 18.0 Å². The lowest BCUT2D eigenvalue weighted by Crippen LogP contribution is -2.41. The quantitative estimate of drug-likeness (QED) is 0.923. The largest absolute Gasteiger partial charge is 0.344 e. The van der Waals surface area contributed by atoms with Crippen molar-refractivity contribution >= 4 is 28.1 Å². The zero-order valence-electron chi connectivity index (χ0n) is 10.6. The standard InChI is InChI=1S/C12H17ClN4S/c1-8(2)17(7-9-4-3-5-15-9)12-16-11(13)10(6-14)18-12/h8-9,15H,3-5,7H2,1-2H3. The fourth-order valence-electron chi connectivity index (χ4n) is 2.14. The van der Waals surface area contributed by atoms with Gasteiger partial charge >= 0.3 is 0 Å². The number of rotatable bonds is 4. The van der Waals surface area contributed by atoms with E-state index in [1.54, 1.807) is 0 Å². The van der Waals surface area contributed by atoms with E-state index in [0.29, 0.717) is 22.1 Å². The third kappa shape index (κ3) is 2.94. The number of thiazole rings is 1. The molecule has 1 aromatic heterocycles. The van der Waals surface area contributed by atoms with Gasteiger partial charge in [0.2, 0.25) is 0 Å². The lowest BCUT2D eigenvalue weighted by Gasteiger charge is -2.28. The first-order chi connectivity index (χ1) is 8.61. The summed E-state index contributed by atoms with van der Waals surface area (Å²) in [5, 5.41) is 13.6. The number of hydrogen-bond acceptors (Lipinski definition) is 5. The lowest BCUT2D eigenvalue weighted by molar-refractivity contribution is 0.552. The van der Waals surface area contributed by atoms with Gasteiger partial charge in [0.25, 0.3) is 0 Å². The van der Waals surface area contributed by atoms with Gasteiger partial charge in [0.15, 0.2) is 10.3 Å². The Morgan fingerprint density at radius 1 is 1.67 bits per heavy atom. The highest BCUT2D eigenvalue weighted by atomic mass is 35.5. The van der Waals surface area contributed by atoms with Crippen LogP contribution in [0.4, 0.5) is 5.13 Å². The van der Waals surface area contributed by atoms with E-state index < -0.39 is 0 Å². The van der Waals surface area contributed by atoms with Gasteiger partial charge in [-0.3, -0.25) is 0 Å². The van der Waals surface area contributed by atoms with Gasteiger partial charge < -0.3 is 10.2 Å². The molecule has 1 atom stereocenters. The molecular formula is C12H17ClN4S. The molecule has 1 fully saturated rings. The third-order valence-electron chi connectivity index (χ3n) is 3.12. The van der Waals surface area contributed by atoms with E-state index in [1.165, 1.54) is 24.2 Å².